The second kappa shape index (κ2) is 10.0. The molecule has 0 aliphatic heterocycles. The number of imidazole rings is 1. The fourth-order valence-corrected chi connectivity index (χ4v) is 4.34. The van der Waals surface area contributed by atoms with Crippen LogP contribution in [0.5, 0.6) is 0 Å². The third kappa shape index (κ3) is 4.99. The van der Waals surface area contributed by atoms with Gasteiger partial charge in [0.2, 0.25) is 0 Å². The highest BCUT2D eigenvalue weighted by Crippen LogP contribution is 2.36. The maximum atomic E-state index is 13.7. The summed E-state index contributed by atoms with van der Waals surface area (Å²) < 4.78 is 44.1. The molecule has 0 amide bonds. The largest absolute Gasteiger partial charge is 0.435 e. The van der Waals surface area contributed by atoms with Gasteiger partial charge in [0, 0.05) is 43.5 Å². The van der Waals surface area contributed by atoms with Gasteiger partial charge in [0.25, 0.3) is 0 Å². The number of hydrogen-bond donors (Lipinski definition) is 0. The topological polar surface area (TPSA) is 65.1 Å². The number of aromatic nitrogens is 5. The van der Waals surface area contributed by atoms with Crippen molar-refractivity contribution < 1.29 is 18.0 Å². The van der Waals surface area contributed by atoms with Crippen LogP contribution in [0.15, 0.2) is 43.0 Å². The molecule has 0 aliphatic rings. The zero-order valence-electron chi connectivity index (χ0n) is 20.1. The molecule has 0 saturated carbocycles. The van der Waals surface area contributed by atoms with Crippen molar-refractivity contribution in [3.05, 3.63) is 71.1 Å². The minimum Gasteiger partial charge on any atom is -0.296 e. The molecule has 0 bridgehead atoms. The number of rotatable bonds is 9. The molecule has 4 rings (SSSR count). The van der Waals surface area contributed by atoms with Crippen molar-refractivity contribution in [2.24, 2.45) is 0 Å². The summed E-state index contributed by atoms with van der Waals surface area (Å²) in [4.78, 5) is 21.3. The number of aryl methyl sites for hydroxylation is 2. The van der Waals surface area contributed by atoms with E-state index in [-0.39, 0.29) is 11.3 Å². The van der Waals surface area contributed by atoms with Crippen LogP contribution in [-0.2, 0) is 25.6 Å². The molecule has 0 fully saturated rings. The molecule has 0 unspecified atom stereocenters. The van der Waals surface area contributed by atoms with E-state index in [1.807, 2.05) is 39.0 Å². The zero-order chi connectivity index (χ0) is 25.2. The molecule has 0 atom stereocenters. The Morgan fingerprint density at radius 3 is 2.57 bits per heavy atom. The van der Waals surface area contributed by atoms with Gasteiger partial charge in [-0.05, 0) is 30.4 Å². The summed E-state index contributed by atoms with van der Waals surface area (Å²) in [5.41, 5.74) is 3.20. The number of carbonyl (C=O) groups excluding carboxylic acids is 1. The standard InChI is InChI=1S/C26H28F3N5O/c1-4-7-23(35)19-9-8-17(13-18(19)6-3)14-21-25-31-15-22(34(25)12-10-30-21)20-16-33(11-5-2)32-24(20)26(27,28)29/h8-10,12-13,15-16H,4-7,11,14H2,1-3H3. The normalized spacial score (nSPS) is 11.9. The van der Waals surface area contributed by atoms with Gasteiger partial charge in [-0.25, -0.2) is 4.98 Å². The number of fused-ring (bicyclic) bond motifs is 1. The van der Waals surface area contributed by atoms with E-state index in [2.05, 4.69) is 15.1 Å². The van der Waals surface area contributed by atoms with Gasteiger partial charge in [0.15, 0.2) is 17.1 Å². The summed E-state index contributed by atoms with van der Waals surface area (Å²) in [5.74, 6) is 0.137. The van der Waals surface area contributed by atoms with Crippen LogP contribution >= 0.6 is 0 Å². The Hall–Kier alpha value is -3.49. The fraction of sp³-hybridized carbons (Fsp3) is 0.385. The van der Waals surface area contributed by atoms with Crippen molar-refractivity contribution in [1.82, 2.24) is 24.1 Å². The van der Waals surface area contributed by atoms with Crippen LogP contribution < -0.4 is 0 Å². The van der Waals surface area contributed by atoms with Crippen LogP contribution in [0.4, 0.5) is 13.2 Å². The van der Waals surface area contributed by atoms with E-state index in [4.69, 9.17) is 0 Å². The third-order valence-electron chi connectivity index (χ3n) is 5.96. The van der Waals surface area contributed by atoms with Crippen LogP contribution in [0.1, 0.15) is 72.9 Å². The summed E-state index contributed by atoms with van der Waals surface area (Å²) in [7, 11) is 0. The molecule has 0 aliphatic carbocycles. The SMILES string of the molecule is CCCC(=O)c1ccc(Cc2nccn3c(-c4cn(CCC)nc4C(F)(F)F)cnc23)cc1CC. The quantitative estimate of drug-likeness (QED) is 0.268. The Labute approximate surface area is 201 Å². The highest BCUT2D eigenvalue weighted by atomic mass is 19.4. The lowest BCUT2D eigenvalue weighted by atomic mass is 9.95. The van der Waals surface area contributed by atoms with Gasteiger partial charge in [-0.3, -0.25) is 18.9 Å². The molecule has 0 radical (unpaired) electrons. The van der Waals surface area contributed by atoms with E-state index in [0.717, 1.165) is 29.5 Å². The summed E-state index contributed by atoms with van der Waals surface area (Å²) >= 11 is 0. The lowest BCUT2D eigenvalue weighted by Gasteiger charge is -2.10. The van der Waals surface area contributed by atoms with Gasteiger partial charge in [-0.15, -0.1) is 0 Å². The predicted octanol–water partition coefficient (Wildman–Crippen LogP) is 6.16. The molecule has 3 aromatic heterocycles. The first kappa shape index (κ1) is 24.6. The first-order valence-corrected chi connectivity index (χ1v) is 11.9. The minimum absolute atomic E-state index is 0.0114. The molecule has 3 heterocycles. The third-order valence-corrected chi connectivity index (χ3v) is 5.96. The number of nitrogens with zero attached hydrogens (tertiary/aromatic N) is 5. The Kier molecular flexibility index (Phi) is 7.05. The van der Waals surface area contributed by atoms with E-state index in [9.17, 15) is 18.0 Å². The second-order valence-electron chi connectivity index (χ2n) is 8.56. The molecular formula is C26H28F3N5O. The Morgan fingerprint density at radius 1 is 1.09 bits per heavy atom. The van der Waals surface area contributed by atoms with Gasteiger partial charge >= 0.3 is 6.18 Å². The lowest BCUT2D eigenvalue weighted by molar-refractivity contribution is -0.141. The first-order chi connectivity index (χ1) is 16.8. The highest BCUT2D eigenvalue weighted by molar-refractivity contribution is 5.97. The van der Waals surface area contributed by atoms with Crippen molar-refractivity contribution in [3.8, 4) is 11.3 Å². The molecule has 6 nitrogen and oxygen atoms in total. The van der Waals surface area contributed by atoms with Crippen molar-refractivity contribution in [2.45, 2.75) is 65.6 Å². The maximum Gasteiger partial charge on any atom is 0.435 e. The average molecular weight is 484 g/mol. The van der Waals surface area contributed by atoms with Gasteiger partial charge in [0.05, 0.1) is 23.1 Å². The van der Waals surface area contributed by atoms with Crippen LogP contribution in [0.3, 0.4) is 0 Å². The summed E-state index contributed by atoms with van der Waals surface area (Å²) in [6.07, 6.45) is 4.61. The smallest absolute Gasteiger partial charge is 0.296 e. The monoisotopic (exact) mass is 483 g/mol. The van der Waals surface area contributed by atoms with Gasteiger partial charge in [-0.1, -0.05) is 39.0 Å². The van der Waals surface area contributed by atoms with Crippen LogP contribution in [0.25, 0.3) is 16.9 Å². The molecular weight excluding hydrogens is 455 g/mol. The van der Waals surface area contributed by atoms with E-state index in [0.29, 0.717) is 42.8 Å². The van der Waals surface area contributed by atoms with Crippen molar-refractivity contribution in [2.75, 3.05) is 0 Å². The summed E-state index contributed by atoms with van der Waals surface area (Å²) in [5, 5.41) is 3.79. The van der Waals surface area contributed by atoms with E-state index < -0.39 is 11.9 Å². The summed E-state index contributed by atoms with van der Waals surface area (Å²) in [6, 6.07) is 5.78. The van der Waals surface area contributed by atoms with Crippen molar-refractivity contribution in [3.63, 3.8) is 0 Å². The predicted molar refractivity (Wildman–Crippen MR) is 127 cm³/mol. The minimum atomic E-state index is -4.58. The molecule has 35 heavy (non-hydrogen) atoms. The van der Waals surface area contributed by atoms with Gasteiger partial charge in [0.1, 0.15) is 0 Å². The Bertz CT molecular complexity index is 1350. The maximum absolute atomic E-state index is 13.7. The van der Waals surface area contributed by atoms with Crippen molar-refractivity contribution >= 4 is 11.4 Å². The Balaban J connectivity index is 1.73. The van der Waals surface area contributed by atoms with Crippen molar-refractivity contribution in [1.29, 1.82) is 0 Å². The van der Waals surface area contributed by atoms with Crippen LogP contribution in [-0.4, -0.2) is 29.9 Å². The summed E-state index contributed by atoms with van der Waals surface area (Å²) in [6.45, 7) is 6.27. The number of alkyl halides is 3. The molecule has 1 aromatic carbocycles. The zero-order valence-corrected chi connectivity index (χ0v) is 20.1. The number of benzene rings is 1. The Morgan fingerprint density at radius 2 is 1.89 bits per heavy atom. The average Bonchev–Trinajstić information content (AvgIpc) is 3.44. The molecule has 0 N–H and O–H groups in total. The number of carbonyl (C=O) groups is 1. The number of halogens is 3. The number of Topliss-reactive ketones (excluding diaryl/α,β-unsaturated/α-hetero) is 1. The van der Waals surface area contributed by atoms with E-state index in [1.165, 1.54) is 17.1 Å². The van der Waals surface area contributed by atoms with Crippen LogP contribution in [0, 0.1) is 0 Å². The lowest BCUT2D eigenvalue weighted by Crippen LogP contribution is -2.09. The van der Waals surface area contributed by atoms with Gasteiger partial charge in [-0.2, -0.15) is 18.3 Å². The number of hydrogen-bond acceptors (Lipinski definition) is 4. The molecule has 4 aromatic rings. The van der Waals surface area contributed by atoms with E-state index in [1.54, 1.807) is 16.8 Å². The molecule has 184 valence electrons. The fourth-order valence-electron chi connectivity index (χ4n) is 4.34. The molecule has 9 heteroatoms. The van der Waals surface area contributed by atoms with Crippen LogP contribution in [0.2, 0.25) is 0 Å². The first-order valence-electron chi connectivity index (χ1n) is 11.9. The molecule has 0 spiro atoms. The second-order valence-corrected chi connectivity index (χ2v) is 8.56. The van der Waals surface area contributed by atoms with E-state index >= 15 is 0 Å². The highest BCUT2D eigenvalue weighted by Gasteiger charge is 2.38. The molecule has 0 saturated heterocycles. The van der Waals surface area contributed by atoms with Gasteiger partial charge < -0.3 is 0 Å². The number of ketones is 1.